The third kappa shape index (κ3) is 4.53. The lowest BCUT2D eigenvalue weighted by Gasteiger charge is -2.13. The number of aromatic nitrogens is 2. The zero-order valence-corrected chi connectivity index (χ0v) is 16.8. The Bertz CT molecular complexity index is 1130. The number of nitrogens with one attached hydrogen (secondary N) is 1. The lowest BCUT2D eigenvalue weighted by molar-refractivity contribution is -0.144. The van der Waals surface area contributed by atoms with Crippen LogP contribution in [0.15, 0.2) is 47.4 Å². The molecule has 0 aliphatic heterocycles. The van der Waals surface area contributed by atoms with E-state index < -0.39 is 34.4 Å². The first kappa shape index (κ1) is 20.3. The van der Waals surface area contributed by atoms with Gasteiger partial charge in [0.05, 0.1) is 11.7 Å². The molecule has 0 saturated heterocycles. The number of ketones is 1. The molecule has 0 radical (unpaired) electrons. The van der Waals surface area contributed by atoms with Gasteiger partial charge in [-0.3, -0.25) is 9.59 Å². The Balaban J connectivity index is 1.64. The maximum atomic E-state index is 12.6. The molecule has 0 spiro atoms. The number of hydrogen-bond acceptors (Lipinski definition) is 8. The monoisotopic (exact) mass is 439 g/mol. The van der Waals surface area contributed by atoms with Gasteiger partial charge in [0.15, 0.2) is 12.4 Å². The van der Waals surface area contributed by atoms with E-state index in [1.54, 1.807) is 18.2 Å². The number of hydrogen-bond donors (Lipinski definition) is 1. The van der Waals surface area contributed by atoms with Gasteiger partial charge in [0.2, 0.25) is 10.0 Å². The molecule has 0 aliphatic carbocycles. The van der Waals surface area contributed by atoms with Gasteiger partial charge in [-0.2, -0.15) is 13.5 Å². The summed E-state index contributed by atoms with van der Waals surface area (Å²) in [4.78, 5) is 24.1. The average Bonchev–Trinajstić information content (AvgIpc) is 3.14. The molecule has 3 aromatic rings. The minimum absolute atomic E-state index is 0.0874. The maximum absolute atomic E-state index is 12.6. The normalized spacial score (nSPS) is 12.6. The summed E-state index contributed by atoms with van der Waals surface area (Å²) >= 11 is 6.65. The van der Waals surface area contributed by atoms with Crippen molar-refractivity contribution in [2.24, 2.45) is 0 Å². The van der Waals surface area contributed by atoms with Gasteiger partial charge < -0.3 is 4.74 Å². The number of rotatable bonds is 7. The molecule has 0 aliphatic rings. The molecular weight excluding hydrogens is 426 g/mol. The van der Waals surface area contributed by atoms with Crippen molar-refractivity contribution in [1.82, 2.24) is 13.5 Å². The minimum atomic E-state index is -4.04. The molecule has 8 nitrogen and oxygen atoms in total. The average molecular weight is 440 g/mol. The fourth-order valence-corrected chi connectivity index (χ4v) is 4.41. The largest absolute Gasteiger partial charge is 0.456 e. The number of carbonyl (C=O) groups excluding carboxylic acids is 2. The van der Waals surface area contributed by atoms with Crippen LogP contribution < -0.4 is 4.72 Å². The first-order valence-electron chi connectivity index (χ1n) is 7.97. The van der Waals surface area contributed by atoms with Crippen LogP contribution in [-0.2, 0) is 19.6 Å². The van der Waals surface area contributed by atoms with Gasteiger partial charge in [-0.05, 0) is 43.3 Å². The molecule has 3 rings (SSSR count). The molecule has 2 aromatic carbocycles. The Labute approximate surface area is 169 Å². The van der Waals surface area contributed by atoms with Gasteiger partial charge in [0, 0.05) is 10.6 Å². The van der Waals surface area contributed by atoms with E-state index in [1.807, 2.05) is 0 Å². The van der Waals surface area contributed by atoms with E-state index in [4.69, 9.17) is 16.3 Å². The van der Waals surface area contributed by atoms with E-state index in [0.717, 1.165) is 11.7 Å². The lowest BCUT2D eigenvalue weighted by atomic mass is 10.1. The van der Waals surface area contributed by atoms with E-state index in [2.05, 4.69) is 13.5 Å². The van der Waals surface area contributed by atoms with Crippen LogP contribution in [-0.4, -0.2) is 41.6 Å². The highest BCUT2D eigenvalue weighted by Gasteiger charge is 2.26. The van der Waals surface area contributed by atoms with Crippen LogP contribution in [0.3, 0.4) is 0 Å². The number of benzene rings is 2. The predicted molar refractivity (Wildman–Crippen MR) is 104 cm³/mol. The molecule has 28 heavy (non-hydrogen) atoms. The molecule has 0 fully saturated rings. The second-order valence-electron chi connectivity index (χ2n) is 5.77. The van der Waals surface area contributed by atoms with Crippen LogP contribution >= 0.6 is 23.3 Å². The third-order valence-corrected chi connectivity index (χ3v) is 6.10. The SMILES string of the molecule is CC(NS(=O)(=O)c1cccc2nsnc12)C(=O)OCC(=O)c1ccc(Cl)cc1. The Morgan fingerprint density at radius 3 is 2.61 bits per heavy atom. The van der Waals surface area contributed by atoms with Gasteiger partial charge in [-0.15, -0.1) is 0 Å². The summed E-state index contributed by atoms with van der Waals surface area (Å²) in [5.41, 5.74) is 0.989. The molecule has 1 aromatic heterocycles. The highest BCUT2D eigenvalue weighted by atomic mass is 35.5. The number of halogens is 1. The van der Waals surface area contributed by atoms with Crippen molar-refractivity contribution in [1.29, 1.82) is 0 Å². The highest BCUT2D eigenvalue weighted by Crippen LogP contribution is 2.21. The van der Waals surface area contributed by atoms with Gasteiger partial charge in [-0.25, -0.2) is 8.42 Å². The second-order valence-corrected chi connectivity index (χ2v) is 8.42. The molecule has 1 atom stereocenters. The van der Waals surface area contributed by atoms with E-state index in [-0.39, 0.29) is 10.4 Å². The van der Waals surface area contributed by atoms with Crippen LogP contribution in [0, 0.1) is 0 Å². The summed E-state index contributed by atoms with van der Waals surface area (Å²) in [5.74, 6) is -1.31. The van der Waals surface area contributed by atoms with Crippen molar-refractivity contribution in [3.8, 4) is 0 Å². The fraction of sp³-hybridized carbons (Fsp3) is 0.176. The van der Waals surface area contributed by atoms with Crippen molar-refractivity contribution in [3.63, 3.8) is 0 Å². The van der Waals surface area contributed by atoms with Crippen molar-refractivity contribution < 1.29 is 22.7 Å². The van der Waals surface area contributed by atoms with E-state index in [9.17, 15) is 18.0 Å². The standard InChI is InChI=1S/C17H14ClN3O5S2/c1-10(17(23)26-9-14(22)11-5-7-12(18)8-6-11)21-28(24,25)15-4-2-3-13-16(15)20-27-19-13/h2-8,10,21H,9H2,1H3. The number of nitrogens with zero attached hydrogens (tertiary/aromatic N) is 2. The lowest BCUT2D eigenvalue weighted by Crippen LogP contribution is -2.40. The fourth-order valence-electron chi connectivity index (χ4n) is 2.32. The number of fused-ring (bicyclic) bond motifs is 1. The summed E-state index contributed by atoms with van der Waals surface area (Å²) in [6, 6.07) is 9.44. The predicted octanol–water partition coefficient (Wildman–Crippen LogP) is 2.44. The van der Waals surface area contributed by atoms with Crippen LogP contribution in [0.25, 0.3) is 11.0 Å². The minimum Gasteiger partial charge on any atom is -0.456 e. The smallest absolute Gasteiger partial charge is 0.324 e. The summed E-state index contributed by atoms with van der Waals surface area (Å²) in [7, 11) is -4.04. The Hall–Kier alpha value is -2.40. The Morgan fingerprint density at radius 2 is 1.89 bits per heavy atom. The van der Waals surface area contributed by atoms with Crippen LogP contribution in [0.5, 0.6) is 0 Å². The molecule has 11 heteroatoms. The van der Waals surface area contributed by atoms with Gasteiger partial charge in [-0.1, -0.05) is 17.7 Å². The van der Waals surface area contributed by atoms with Crippen LogP contribution in [0.1, 0.15) is 17.3 Å². The van der Waals surface area contributed by atoms with Crippen molar-refractivity contribution in [2.75, 3.05) is 6.61 Å². The number of esters is 1. The van der Waals surface area contributed by atoms with E-state index in [1.165, 1.54) is 31.2 Å². The quantitative estimate of drug-likeness (QED) is 0.444. The molecule has 0 amide bonds. The topological polar surface area (TPSA) is 115 Å². The molecule has 146 valence electrons. The van der Waals surface area contributed by atoms with E-state index >= 15 is 0 Å². The maximum Gasteiger partial charge on any atom is 0.324 e. The Morgan fingerprint density at radius 1 is 1.18 bits per heavy atom. The molecular formula is C17H14ClN3O5S2. The molecule has 0 bridgehead atoms. The van der Waals surface area contributed by atoms with Gasteiger partial charge >= 0.3 is 5.97 Å². The van der Waals surface area contributed by atoms with Crippen molar-refractivity contribution in [2.45, 2.75) is 17.9 Å². The van der Waals surface area contributed by atoms with Crippen LogP contribution in [0.2, 0.25) is 5.02 Å². The molecule has 1 unspecified atom stereocenters. The van der Waals surface area contributed by atoms with Crippen LogP contribution in [0.4, 0.5) is 0 Å². The van der Waals surface area contributed by atoms with Gasteiger partial charge in [0.1, 0.15) is 22.0 Å². The summed E-state index contributed by atoms with van der Waals surface area (Å²) in [6.07, 6.45) is 0. The van der Waals surface area contributed by atoms with Gasteiger partial charge in [0.25, 0.3) is 0 Å². The Kier molecular flexibility index (Phi) is 6.04. The first-order valence-corrected chi connectivity index (χ1v) is 10.6. The molecule has 1 N–H and O–H groups in total. The summed E-state index contributed by atoms with van der Waals surface area (Å²) in [6.45, 7) is 0.810. The first-order chi connectivity index (χ1) is 13.3. The number of Topliss-reactive ketones (excluding diaryl/α,β-unsaturated/α-hetero) is 1. The molecule has 0 saturated carbocycles. The third-order valence-electron chi connectivity index (χ3n) is 3.74. The summed E-state index contributed by atoms with van der Waals surface area (Å²) < 4.78 is 40.3. The van der Waals surface area contributed by atoms with Crippen molar-refractivity contribution >= 4 is 56.1 Å². The number of ether oxygens (including phenoxy) is 1. The number of carbonyl (C=O) groups is 2. The second kappa shape index (κ2) is 8.31. The number of sulfonamides is 1. The molecule has 1 heterocycles. The highest BCUT2D eigenvalue weighted by molar-refractivity contribution is 7.89. The zero-order chi connectivity index (χ0) is 20.3. The zero-order valence-electron chi connectivity index (χ0n) is 14.5. The van der Waals surface area contributed by atoms with Crippen molar-refractivity contribution in [3.05, 3.63) is 53.1 Å². The summed E-state index contributed by atoms with van der Waals surface area (Å²) in [5, 5.41) is 0.474. The van der Waals surface area contributed by atoms with E-state index in [0.29, 0.717) is 16.1 Å².